The van der Waals surface area contributed by atoms with Gasteiger partial charge in [0, 0.05) is 0 Å². The number of rotatable bonds is 7. The Hall–Kier alpha value is -1.40. The van der Waals surface area contributed by atoms with Gasteiger partial charge in [0.1, 0.15) is 0 Å². The number of ether oxygens (including phenoxy) is 1. The highest BCUT2D eigenvalue weighted by Crippen LogP contribution is 2.13. The second-order valence-corrected chi connectivity index (χ2v) is 5.72. The van der Waals surface area contributed by atoms with E-state index in [0.29, 0.717) is 0 Å². The zero-order valence-corrected chi connectivity index (χ0v) is 11.9. The molecule has 0 aliphatic heterocycles. The van der Waals surface area contributed by atoms with Gasteiger partial charge in [0.05, 0.1) is 11.5 Å². The third kappa shape index (κ3) is 5.40. The van der Waals surface area contributed by atoms with Crippen LogP contribution >= 0.6 is 0 Å². The van der Waals surface area contributed by atoms with Gasteiger partial charge < -0.3 is 4.74 Å². The molecule has 0 aliphatic carbocycles. The molecule has 19 heavy (non-hydrogen) atoms. The third-order valence-electron chi connectivity index (χ3n) is 2.40. The number of aryl methyl sites for hydroxylation is 1. The molecule has 1 rings (SSSR count). The number of unbranched alkanes of at least 4 members (excludes halogenated alkanes) is 1. The van der Waals surface area contributed by atoms with Crippen LogP contribution in [0.2, 0.25) is 0 Å². The van der Waals surface area contributed by atoms with Gasteiger partial charge in [-0.25, -0.2) is 4.79 Å². The standard InChI is InChI=1S/C13H18O5S/c1-3-4-9-17-13(14)10-18-19(15,16)12-7-5-11(2)6-8-12/h5-8H,3-4,9-10H2,1-2H3. The molecule has 0 amide bonds. The van der Waals surface area contributed by atoms with Gasteiger partial charge in [-0.15, -0.1) is 0 Å². The van der Waals surface area contributed by atoms with Crippen molar-refractivity contribution in [2.24, 2.45) is 0 Å². The Bertz CT molecular complexity index is 504. The Morgan fingerprint density at radius 2 is 1.84 bits per heavy atom. The summed E-state index contributed by atoms with van der Waals surface area (Å²) in [5.74, 6) is -0.677. The Labute approximate surface area is 113 Å². The molecule has 1 aromatic carbocycles. The quantitative estimate of drug-likeness (QED) is 0.436. The normalized spacial score (nSPS) is 11.3. The molecular weight excluding hydrogens is 268 g/mol. The van der Waals surface area contributed by atoms with Crippen molar-refractivity contribution in [3.63, 3.8) is 0 Å². The summed E-state index contributed by atoms with van der Waals surface area (Å²) in [6, 6.07) is 6.20. The van der Waals surface area contributed by atoms with Crippen LogP contribution in [0.15, 0.2) is 29.2 Å². The molecule has 0 aromatic heterocycles. The van der Waals surface area contributed by atoms with E-state index in [1.807, 2.05) is 13.8 Å². The molecule has 0 heterocycles. The predicted octanol–water partition coefficient (Wildman–Crippen LogP) is 2.04. The Balaban J connectivity index is 2.51. The van der Waals surface area contributed by atoms with Crippen molar-refractivity contribution in [2.45, 2.75) is 31.6 Å². The van der Waals surface area contributed by atoms with Crippen molar-refractivity contribution in [3.8, 4) is 0 Å². The zero-order chi connectivity index (χ0) is 14.3. The largest absolute Gasteiger partial charge is 0.464 e. The predicted molar refractivity (Wildman–Crippen MR) is 70.2 cm³/mol. The lowest BCUT2D eigenvalue weighted by Gasteiger charge is -2.06. The molecule has 0 saturated carbocycles. The van der Waals surface area contributed by atoms with Crippen LogP contribution in [-0.2, 0) is 23.8 Å². The minimum Gasteiger partial charge on any atom is -0.464 e. The van der Waals surface area contributed by atoms with E-state index >= 15 is 0 Å². The number of benzene rings is 1. The molecule has 106 valence electrons. The van der Waals surface area contributed by atoms with Crippen molar-refractivity contribution < 1.29 is 22.1 Å². The number of hydrogen-bond donors (Lipinski definition) is 0. The number of carbonyl (C=O) groups is 1. The molecule has 0 spiro atoms. The van der Waals surface area contributed by atoms with Crippen molar-refractivity contribution in [3.05, 3.63) is 29.8 Å². The monoisotopic (exact) mass is 286 g/mol. The lowest BCUT2D eigenvalue weighted by Crippen LogP contribution is -2.17. The average molecular weight is 286 g/mol. The molecule has 0 unspecified atom stereocenters. The highest BCUT2D eigenvalue weighted by atomic mass is 32.2. The van der Waals surface area contributed by atoms with Gasteiger partial charge in [-0.1, -0.05) is 31.0 Å². The number of carbonyl (C=O) groups excluding carboxylic acids is 1. The fourth-order valence-electron chi connectivity index (χ4n) is 1.27. The highest BCUT2D eigenvalue weighted by molar-refractivity contribution is 7.86. The van der Waals surface area contributed by atoms with Crippen LogP contribution in [0.3, 0.4) is 0 Å². The van der Waals surface area contributed by atoms with Gasteiger partial charge in [0.15, 0.2) is 6.61 Å². The number of hydrogen-bond acceptors (Lipinski definition) is 5. The van der Waals surface area contributed by atoms with E-state index in [0.717, 1.165) is 18.4 Å². The lowest BCUT2D eigenvalue weighted by atomic mass is 10.2. The third-order valence-corrected chi connectivity index (χ3v) is 3.68. The fraction of sp³-hybridized carbons (Fsp3) is 0.462. The maximum Gasteiger partial charge on any atom is 0.333 e. The van der Waals surface area contributed by atoms with E-state index in [1.165, 1.54) is 12.1 Å². The molecule has 0 atom stereocenters. The Morgan fingerprint density at radius 1 is 1.21 bits per heavy atom. The van der Waals surface area contributed by atoms with Crippen LogP contribution in [0.4, 0.5) is 0 Å². The van der Waals surface area contributed by atoms with Gasteiger partial charge in [-0.05, 0) is 25.5 Å². The minimum atomic E-state index is -3.90. The first-order valence-corrected chi connectivity index (χ1v) is 7.48. The Morgan fingerprint density at radius 3 is 2.42 bits per heavy atom. The van der Waals surface area contributed by atoms with Crippen molar-refractivity contribution in [1.29, 1.82) is 0 Å². The first-order chi connectivity index (χ1) is 8.95. The molecule has 0 aliphatic rings. The van der Waals surface area contributed by atoms with Crippen LogP contribution in [0, 0.1) is 6.92 Å². The topological polar surface area (TPSA) is 69.7 Å². The van der Waals surface area contributed by atoms with Gasteiger partial charge in [-0.3, -0.25) is 4.18 Å². The summed E-state index contributed by atoms with van der Waals surface area (Å²) in [7, 11) is -3.90. The van der Waals surface area contributed by atoms with Crippen molar-refractivity contribution in [1.82, 2.24) is 0 Å². The van der Waals surface area contributed by atoms with E-state index in [-0.39, 0.29) is 11.5 Å². The summed E-state index contributed by atoms with van der Waals surface area (Å²) in [6.45, 7) is 3.50. The van der Waals surface area contributed by atoms with Crippen LogP contribution in [0.5, 0.6) is 0 Å². The Kier molecular flexibility index (Phi) is 5.98. The van der Waals surface area contributed by atoms with Gasteiger partial charge in [0.25, 0.3) is 10.1 Å². The smallest absolute Gasteiger partial charge is 0.333 e. The summed E-state index contributed by atoms with van der Waals surface area (Å²) < 4.78 is 32.9. The maximum atomic E-state index is 11.7. The van der Waals surface area contributed by atoms with Gasteiger partial charge in [-0.2, -0.15) is 8.42 Å². The fourth-order valence-corrected chi connectivity index (χ4v) is 2.13. The molecule has 0 saturated heterocycles. The van der Waals surface area contributed by atoms with Crippen LogP contribution in [0.25, 0.3) is 0 Å². The molecule has 0 radical (unpaired) electrons. The SMILES string of the molecule is CCCCOC(=O)COS(=O)(=O)c1ccc(C)cc1. The number of esters is 1. The second-order valence-electron chi connectivity index (χ2n) is 4.10. The first kappa shape index (κ1) is 15.7. The summed E-state index contributed by atoms with van der Waals surface area (Å²) >= 11 is 0. The molecule has 0 fully saturated rings. The average Bonchev–Trinajstić information content (AvgIpc) is 2.37. The molecule has 0 N–H and O–H groups in total. The highest BCUT2D eigenvalue weighted by Gasteiger charge is 2.17. The van der Waals surface area contributed by atoms with E-state index < -0.39 is 22.7 Å². The zero-order valence-electron chi connectivity index (χ0n) is 11.1. The van der Waals surface area contributed by atoms with E-state index in [4.69, 9.17) is 4.74 Å². The van der Waals surface area contributed by atoms with Crippen LogP contribution in [0.1, 0.15) is 25.3 Å². The van der Waals surface area contributed by atoms with Gasteiger partial charge in [0.2, 0.25) is 0 Å². The molecule has 5 nitrogen and oxygen atoms in total. The van der Waals surface area contributed by atoms with E-state index in [1.54, 1.807) is 12.1 Å². The summed E-state index contributed by atoms with van der Waals surface area (Å²) in [6.07, 6.45) is 1.65. The molecule has 6 heteroatoms. The maximum absolute atomic E-state index is 11.7. The summed E-state index contributed by atoms with van der Waals surface area (Å²) in [5.41, 5.74) is 0.943. The molecule has 1 aromatic rings. The molecular formula is C13H18O5S. The van der Waals surface area contributed by atoms with Crippen molar-refractivity contribution in [2.75, 3.05) is 13.2 Å². The minimum absolute atomic E-state index is 0.0273. The lowest BCUT2D eigenvalue weighted by molar-refractivity contribution is -0.146. The summed E-state index contributed by atoms with van der Waals surface area (Å²) in [4.78, 5) is 11.3. The van der Waals surface area contributed by atoms with E-state index in [9.17, 15) is 13.2 Å². The molecule has 0 bridgehead atoms. The van der Waals surface area contributed by atoms with Crippen LogP contribution < -0.4 is 0 Å². The second kappa shape index (κ2) is 7.25. The van der Waals surface area contributed by atoms with Crippen LogP contribution in [-0.4, -0.2) is 27.6 Å². The van der Waals surface area contributed by atoms with E-state index in [2.05, 4.69) is 4.18 Å². The van der Waals surface area contributed by atoms with Crippen molar-refractivity contribution >= 4 is 16.1 Å². The first-order valence-electron chi connectivity index (χ1n) is 6.07. The summed E-state index contributed by atoms with van der Waals surface area (Å²) in [5, 5.41) is 0. The van der Waals surface area contributed by atoms with Gasteiger partial charge >= 0.3 is 5.97 Å².